The van der Waals surface area contributed by atoms with E-state index in [1.165, 1.54) is 0 Å². The Hall–Kier alpha value is -3.46. The van der Waals surface area contributed by atoms with Crippen LogP contribution >= 0.6 is 11.8 Å². The van der Waals surface area contributed by atoms with E-state index in [0.29, 0.717) is 11.5 Å². The summed E-state index contributed by atoms with van der Waals surface area (Å²) in [7, 11) is 0. The fraction of sp³-hybridized carbons (Fsp3) is 0.105. The minimum absolute atomic E-state index is 0.246. The first-order valence-electron chi connectivity index (χ1n) is 8.70. The van der Waals surface area contributed by atoms with Crippen molar-refractivity contribution >= 4 is 23.4 Å². The molecule has 5 rings (SSSR count). The van der Waals surface area contributed by atoms with Crippen LogP contribution in [0.1, 0.15) is 10.5 Å². The van der Waals surface area contributed by atoms with Crippen molar-refractivity contribution in [1.29, 1.82) is 0 Å². The Morgan fingerprint density at radius 3 is 2.71 bits per heavy atom. The minimum Gasteiger partial charge on any atom is -0.325 e. The smallest absolute Gasteiger partial charge is 0.276 e. The van der Waals surface area contributed by atoms with E-state index in [0.717, 1.165) is 28.7 Å². The van der Waals surface area contributed by atoms with Crippen LogP contribution in [0.25, 0.3) is 17.1 Å². The van der Waals surface area contributed by atoms with Crippen LogP contribution in [0.2, 0.25) is 0 Å². The third-order valence-corrected chi connectivity index (χ3v) is 5.36. The summed E-state index contributed by atoms with van der Waals surface area (Å²) >= 11 is 1.77. The molecule has 138 valence electrons. The lowest BCUT2D eigenvalue weighted by atomic mass is 10.1. The average molecular weight is 389 g/mol. The van der Waals surface area contributed by atoms with E-state index in [2.05, 4.69) is 36.2 Å². The lowest BCUT2D eigenvalue weighted by molar-refractivity contribution is 0.102. The molecule has 0 saturated heterocycles. The second kappa shape index (κ2) is 6.93. The highest BCUT2D eigenvalue weighted by Gasteiger charge is 2.15. The molecule has 0 fully saturated rings. The predicted octanol–water partition coefficient (Wildman–Crippen LogP) is 2.88. The van der Waals surface area contributed by atoms with Gasteiger partial charge in [-0.25, -0.2) is 9.97 Å². The summed E-state index contributed by atoms with van der Waals surface area (Å²) in [4.78, 5) is 21.0. The monoisotopic (exact) mass is 389 g/mol. The van der Waals surface area contributed by atoms with Gasteiger partial charge in [0.1, 0.15) is 6.33 Å². The van der Waals surface area contributed by atoms with Gasteiger partial charge in [-0.3, -0.25) is 9.36 Å². The first kappa shape index (κ1) is 16.7. The number of carbonyl (C=O) groups is 1. The van der Waals surface area contributed by atoms with Crippen LogP contribution in [0.4, 0.5) is 5.69 Å². The molecule has 0 aliphatic carbocycles. The maximum absolute atomic E-state index is 12.4. The van der Waals surface area contributed by atoms with Crippen molar-refractivity contribution in [1.82, 2.24) is 29.3 Å². The Morgan fingerprint density at radius 1 is 1.11 bits per heavy atom. The summed E-state index contributed by atoms with van der Waals surface area (Å²) < 4.78 is 3.89. The number of carbonyl (C=O) groups excluding carboxylic acids is 1. The van der Waals surface area contributed by atoms with Crippen LogP contribution < -0.4 is 5.32 Å². The normalized spacial score (nSPS) is 12.7. The highest BCUT2D eigenvalue weighted by atomic mass is 32.2. The molecule has 9 heteroatoms. The molecule has 1 amide bonds. The minimum atomic E-state index is -0.310. The van der Waals surface area contributed by atoms with Crippen molar-refractivity contribution in [2.45, 2.75) is 11.7 Å². The van der Waals surface area contributed by atoms with Crippen molar-refractivity contribution in [2.24, 2.45) is 0 Å². The SMILES string of the molecule is O=C(Nc1ccc(-c2cn3c(n2)SCC3)cc1)c1ccc(-n2ccnc2)nn1. The van der Waals surface area contributed by atoms with Crippen molar-refractivity contribution in [3.63, 3.8) is 0 Å². The number of nitrogens with zero attached hydrogens (tertiary/aromatic N) is 6. The number of imidazole rings is 2. The second-order valence-corrected chi connectivity index (χ2v) is 7.29. The topological polar surface area (TPSA) is 90.5 Å². The van der Waals surface area contributed by atoms with Gasteiger partial charge in [-0.2, -0.15) is 0 Å². The molecule has 8 nitrogen and oxygen atoms in total. The van der Waals surface area contributed by atoms with E-state index in [1.54, 1.807) is 47.2 Å². The number of thioether (sulfide) groups is 1. The number of hydrogen-bond donors (Lipinski definition) is 1. The molecular formula is C19H15N7OS. The highest BCUT2D eigenvalue weighted by molar-refractivity contribution is 7.99. The molecule has 0 atom stereocenters. The molecule has 1 aliphatic heterocycles. The summed E-state index contributed by atoms with van der Waals surface area (Å²) in [6, 6.07) is 11.0. The zero-order valence-electron chi connectivity index (χ0n) is 14.7. The maximum atomic E-state index is 12.4. The van der Waals surface area contributed by atoms with Gasteiger partial charge in [0.2, 0.25) is 0 Å². The lowest BCUT2D eigenvalue weighted by Crippen LogP contribution is -2.14. The molecule has 4 heterocycles. The Kier molecular flexibility index (Phi) is 4.13. The van der Waals surface area contributed by atoms with Crippen molar-refractivity contribution in [3.05, 3.63) is 67.0 Å². The summed E-state index contributed by atoms with van der Waals surface area (Å²) in [5.74, 6) is 1.37. The van der Waals surface area contributed by atoms with E-state index in [-0.39, 0.29) is 11.6 Å². The second-order valence-electron chi connectivity index (χ2n) is 6.23. The summed E-state index contributed by atoms with van der Waals surface area (Å²) in [5.41, 5.74) is 2.90. The van der Waals surface area contributed by atoms with E-state index < -0.39 is 0 Å². The molecule has 0 radical (unpaired) electrons. The molecule has 0 bridgehead atoms. The molecule has 28 heavy (non-hydrogen) atoms. The molecule has 3 aromatic heterocycles. The van der Waals surface area contributed by atoms with Gasteiger partial charge in [0.15, 0.2) is 16.7 Å². The largest absolute Gasteiger partial charge is 0.325 e. The van der Waals surface area contributed by atoms with Crippen LogP contribution in [0.15, 0.2) is 66.5 Å². The van der Waals surface area contributed by atoms with Crippen molar-refractivity contribution in [3.8, 4) is 17.1 Å². The molecule has 1 aliphatic rings. The van der Waals surface area contributed by atoms with Crippen molar-refractivity contribution in [2.75, 3.05) is 11.1 Å². The number of benzene rings is 1. The first-order chi connectivity index (χ1) is 13.8. The number of aryl methyl sites for hydroxylation is 1. The lowest BCUT2D eigenvalue weighted by Gasteiger charge is -2.06. The Morgan fingerprint density at radius 2 is 2.00 bits per heavy atom. The first-order valence-corrected chi connectivity index (χ1v) is 9.69. The number of anilines is 1. The molecule has 1 N–H and O–H groups in total. The van der Waals surface area contributed by atoms with Gasteiger partial charge in [-0.15, -0.1) is 10.2 Å². The van der Waals surface area contributed by atoms with Crippen molar-refractivity contribution < 1.29 is 4.79 Å². The van der Waals surface area contributed by atoms with Gasteiger partial charge >= 0.3 is 0 Å². The maximum Gasteiger partial charge on any atom is 0.276 e. The van der Waals surface area contributed by atoms with Crippen LogP contribution in [-0.4, -0.2) is 41.0 Å². The van der Waals surface area contributed by atoms with Crippen LogP contribution in [0.5, 0.6) is 0 Å². The molecular weight excluding hydrogens is 374 g/mol. The predicted molar refractivity (Wildman–Crippen MR) is 105 cm³/mol. The number of nitrogens with one attached hydrogen (secondary N) is 1. The van der Waals surface area contributed by atoms with Crippen LogP contribution in [-0.2, 0) is 6.54 Å². The quantitative estimate of drug-likeness (QED) is 0.577. The van der Waals surface area contributed by atoms with E-state index in [1.807, 2.05) is 24.3 Å². The third-order valence-electron chi connectivity index (χ3n) is 4.39. The zero-order valence-corrected chi connectivity index (χ0v) is 15.5. The van der Waals surface area contributed by atoms with E-state index >= 15 is 0 Å². The number of amides is 1. The van der Waals surface area contributed by atoms with Crippen LogP contribution in [0.3, 0.4) is 0 Å². The number of aromatic nitrogens is 6. The van der Waals surface area contributed by atoms with E-state index in [4.69, 9.17) is 0 Å². The zero-order chi connectivity index (χ0) is 18.9. The Balaban J connectivity index is 1.28. The van der Waals surface area contributed by atoms with Gasteiger partial charge in [-0.1, -0.05) is 23.9 Å². The highest BCUT2D eigenvalue weighted by Crippen LogP contribution is 2.29. The van der Waals surface area contributed by atoms with Gasteiger partial charge in [0.05, 0.1) is 5.69 Å². The van der Waals surface area contributed by atoms with Gasteiger partial charge in [0, 0.05) is 42.1 Å². The standard InChI is InChI=1S/C19H15N7OS/c27-18(15-5-6-17(24-23-15)26-8-7-20-12-26)21-14-3-1-13(2-4-14)16-11-25-9-10-28-19(25)22-16/h1-8,11-12H,9-10H2,(H,21,27). The number of rotatable bonds is 4. The summed E-state index contributed by atoms with van der Waals surface area (Å²) in [6.45, 7) is 1.00. The molecule has 4 aromatic rings. The molecule has 0 saturated carbocycles. The van der Waals surface area contributed by atoms with Gasteiger partial charge in [0.25, 0.3) is 5.91 Å². The molecule has 0 unspecified atom stereocenters. The molecule has 1 aromatic carbocycles. The average Bonchev–Trinajstić information content (AvgIpc) is 3.46. The fourth-order valence-corrected chi connectivity index (χ4v) is 3.89. The third kappa shape index (κ3) is 3.16. The summed E-state index contributed by atoms with van der Waals surface area (Å²) in [6.07, 6.45) is 7.11. The molecule has 0 spiro atoms. The van der Waals surface area contributed by atoms with E-state index in [9.17, 15) is 4.79 Å². The number of fused-ring (bicyclic) bond motifs is 1. The Bertz CT molecular complexity index is 1100. The Labute approximate surface area is 164 Å². The van der Waals surface area contributed by atoms with Gasteiger partial charge in [-0.05, 0) is 24.3 Å². The van der Waals surface area contributed by atoms with Gasteiger partial charge < -0.3 is 9.88 Å². The number of hydrogen-bond acceptors (Lipinski definition) is 6. The summed E-state index contributed by atoms with van der Waals surface area (Å²) in [5, 5.41) is 12.0. The van der Waals surface area contributed by atoms with Crippen LogP contribution in [0, 0.1) is 0 Å². The fourth-order valence-electron chi connectivity index (χ4n) is 2.95.